The van der Waals surface area contributed by atoms with Crippen LogP contribution in [0.1, 0.15) is 34.6 Å². The molecule has 0 aliphatic heterocycles. The quantitative estimate of drug-likeness (QED) is 0.680. The normalized spacial score (nSPS) is 10.5. The van der Waals surface area contributed by atoms with E-state index in [1.165, 1.54) is 6.07 Å². The zero-order valence-corrected chi connectivity index (χ0v) is 14.3. The molecule has 0 fully saturated rings. The molecule has 2 N–H and O–H groups in total. The second-order valence-corrected chi connectivity index (χ2v) is 5.66. The van der Waals surface area contributed by atoms with E-state index >= 15 is 0 Å². The third-order valence-corrected chi connectivity index (χ3v) is 3.81. The number of anilines is 1. The van der Waals surface area contributed by atoms with E-state index in [1.54, 1.807) is 42.5 Å². The van der Waals surface area contributed by atoms with E-state index in [2.05, 4.69) is 20.8 Å². The van der Waals surface area contributed by atoms with Crippen molar-refractivity contribution in [3.63, 3.8) is 0 Å². The van der Waals surface area contributed by atoms with Gasteiger partial charge in [0.15, 0.2) is 5.82 Å². The topological polar surface area (TPSA) is 80.0 Å². The van der Waals surface area contributed by atoms with Crippen LogP contribution in [0, 0.1) is 5.82 Å². The Morgan fingerprint density at radius 1 is 1.12 bits per heavy atom. The van der Waals surface area contributed by atoms with Crippen molar-refractivity contribution in [2.45, 2.75) is 26.4 Å². The zero-order valence-electron chi connectivity index (χ0n) is 14.3. The van der Waals surface area contributed by atoms with Crippen molar-refractivity contribution < 1.29 is 13.7 Å². The van der Waals surface area contributed by atoms with Gasteiger partial charge in [-0.3, -0.25) is 4.79 Å². The van der Waals surface area contributed by atoms with Crippen LogP contribution in [0.3, 0.4) is 0 Å². The van der Waals surface area contributed by atoms with E-state index in [0.29, 0.717) is 29.4 Å². The molecule has 0 saturated carbocycles. The van der Waals surface area contributed by atoms with Gasteiger partial charge in [0.1, 0.15) is 5.82 Å². The summed E-state index contributed by atoms with van der Waals surface area (Å²) in [6, 6.07) is 13.3. The molecule has 0 atom stereocenters. The van der Waals surface area contributed by atoms with Crippen LogP contribution in [0.2, 0.25) is 0 Å². The number of nitrogens with one attached hydrogen (secondary N) is 2. The smallest absolute Gasteiger partial charge is 0.251 e. The maximum Gasteiger partial charge on any atom is 0.251 e. The predicted octanol–water partition coefficient (Wildman–Crippen LogP) is 3.31. The van der Waals surface area contributed by atoms with Gasteiger partial charge < -0.3 is 15.2 Å². The lowest BCUT2D eigenvalue weighted by Crippen LogP contribution is -2.23. The van der Waals surface area contributed by atoms with Crippen molar-refractivity contribution in [3.8, 4) is 0 Å². The number of benzene rings is 2. The third-order valence-electron chi connectivity index (χ3n) is 3.81. The Bertz CT molecular complexity index is 877. The minimum absolute atomic E-state index is 0.141. The van der Waals surface area contributed by atoms with Crippen molar-refractivity contribution >= 4 is 11.6 Å². The first-order chi connectivity index (χ1) is 12.7. The average Bonchev–Trinajstić information content (AvgIpc) is 3.14. The first-order valence-corrected chi connectivity index (χ1v) is 8.32. The maximum atomic E-state index is 13.6. The number of rotatable bonds is 7. The lowest BCUT2D eigenvalue weighted by atomic mass is 10.1. The first-order valence-electron chi connectivity index (χ1n) is 8.32. The second-order valence-electron chi connectivity index (χ2n) is 5.66. The van der Waals surface area contributed by atoms with Crippen molar-refractivity contribution in [2.75, 3.05) is 5.32 Å². The number of hydrogen-bond acceptors (Lipinski definition) is 5. The molecule has 0 saturated heterocycles. The van der Waals surface area contributed by atoms with Gasteiger partial charge in [-0.25, -0.2) is 4.39 Å². The van der Waals surface area contributed by atoms with Gasteiger partial charge in [-0.2, -0.15) is 4.98 Å². The van der Waals surface area contributed by atoms with Crippen molar-refractivity contribution in [3.05, 3.63) is 77.2 Å². The molecule has 134 valence electrons. The summed E-state index contributed by atoms with van der Waals surface area (Å²) >= 11 is 0. The highest BCUT2D eigenvalue weighted by molar-refractivity contribution is 5.94. The van der Waals surface area contributed by atoms with Crippen LogP contribution in [0.4, 0.5) is 10.1 Å². The summed E-state index contributed by atoms with van der Waals surface area (Å²) in [5.74, 6) is 0.584. The molecule has 1 heterocycles. The summed E-state index contributed by atoms with van der Waals surface area (Å²) in [7, 11) is 0. The average molecular weight is 354 g/mol. The monoisotopic (exact) mass is 354 g/mol. The van der Waals surface area contributed by atoms with Crippen molar-refractivity contribution in [1.29, 1.82) is 0 Å². The molecule has 7 heteroatoms. The number of nitrogens with zero attached hydrogens (tertiary/aromatic N) is 2. The van der Waals surface area contributed by atoms with Gasteiger partial charge in [-0.05, 0) is 30.3 Å². The number of aromatic nitrogens is 2. The largest absolute Gasteiger partial charge is 0.376 e. The SMILES string of the molecule is CCc1noc(CNc2ccc(C(=O)NCc3ccccc3F)cc2)n1. The van der Waals surface area contributed by atoms with Gasteiger partial charge in [0.2, 0.25) is 5.89 Å². The summed E-state index contributed by atoms with van der Waals surface area (Å²) in [5, 5.41) is 9.69. The molecule has 3 rings (SSSR count). The van der Waals surface area contributed by atoms with Crippen LogP contribution in [-0.2, 0) is 19.5 Å². The lowest BCUT2D eigenvalue weighted by Gasteiger charge is -2.08. The van der Waals surface area contributed by atoms with Gasteiger partial charge >= 0.3 is 0 Å². The number of amides is 1. The van der Waals surface area contributed by atoms with E-state index < -0.39 is 0 Å². The van der Waals surface area contributed by atoms with Crippen LogP contribution in [-0.4, -0.2) is 16.0 Å². The van der Waals surface area contributed by atoms with E-state index in [1.807, 2.05) is 6.92 Å². The fraction of sp³-hybridized carbons (Fsp3) is 0.211. The summed E-state index contributed by atoms with van der Waals surface area (Å²) < 4.78 is 18.7. The van der Waals surface area contributed by atoms with E-state index in [0.717, 1.165) is 12.1 Å². The maximum absolute atomic E-state index is 13.6. The number of aryl methyl sites for hydroxylation is 1. The summed E-state index contributed by atoms with van der Waals surface area (Å²) in [5.41, 5.74) is 1.77. The molecule has 0 aliphatic carbocycles. The van der Waals surface area contributed by atoms with E-state index in [9.17, 15) is 9.18 Å². The highest BCUT2D eigenvalue weighted by Crippen LogP contribution is 2.12. The van der Waals surface area contributed by atoms with Gasteiger partial charge in [-0.15, -0.1) is 0 Å². The molecule has 26 heavy (non-hydrogen) atoms. The van der Waals surface area contributed by atoms with Gasteiger partial charge in [0, 0.05) is 29.8 Å². The van der Waals surface area contributed by atoms with Gasteiger partial charge in [0.05, 0.1) is 6.54 Å². The summed E-state index contributed by atoms with van der Waals surface area (Å²) in [4.78, 5) is 16.4. The fourth-order valence-corrected chi connectivity index (χ4v) is 2.34. The van der Waals surface area contributed by atoms with Crippen LogP contribution >= 0.6 is 0 Å². The van der Waals surface area contributed by atoms with E-state index in [-0.39, 0.29) is 18.3 Å². The van der Waals surface area contributed by atoms with Gasteiger partial charge in [-0.1, -0.05) is 30.3 Å². The molecular formula is C19H19FN4O2. The van der Waals surface area contributed by atoms with Crippen LogP contribution in [0.15, 0.2) is 53.1 Å². The third kappa shape index (κ3) is 4.44. The molecular weight excluding hydrogens is 335 g/mol. The van der Waals surface area contributed by atoms with Crippen LogP contribution in [0.5, 0.6) is 0 Å². The summed E-state index contributed by atoms with van der Waals surface area (Å²) in [6.45, 7) is 2.51. The first kappa shape index (κ1) is 17.6. The Morgan fingerprint density at radius 3 is 2.58 bits per heavy atom. The van der Waals surface area contributed by atoms with Crippen molar-refractivity contribution in [1.82, 2.24) is 15.5 Å². The predicted molar refractivity (Wildman–Crippen MR) is 95.0 cm³/mol. The Kier molecular flexibility index (Phi) is 5.58. The Labute approximate surface area is 150 Å². The van der Waals surface area contributed by atoms with Gasteiger partial charge in [0.25, 0.3) is 5.91 Å². The van der Waals surface area contributed by atoms with Crippen LogP contribution < -0.4 is 10.6 Å². The zero-order chi connectivity index (χ0) is 18.4. The molecule has 1 aromatic heterocycles. The highest BCUT2D eigenvalue weighted by Gasteiger charge is 2.08. The Morgan fingerprint density at radius 2 is 1.88 bits per heavy atom. The molecule has 0 bridgehead atoms. The standard InChI is InChI=1S/C19H19FN4O2/c1-2-17-23-18(26-24-17)12-21-15-9-7-13(8-10-15)19(25)22-11-14-5-3-4-6-16(14)20/h3-10,21H,2,11-12H2,1H3,(H,22,25). The lowest BCUT2D eigenvalue weighted by molar-refractivity contribution is 0.0950. The second kappa shape index (κ2) is 8.24. The number of halogens is 1. The molecule has 2 aromatic carbocycles. The number of hydrogen-bond donors (Lipinski definition) is 2. The Balaban J connectivity index is 1.53. The minimum atomic E-state index is -0.334. The molecule has 0 spiro atoms. The number of carbonyl (C=O) groups is 1. The van der Waals surface area contributed by atoms with Crippen molar-refractivity contribution in [2.24, 2.45) is 0 Å². The molecule has 1 amide bonds. The molecule has 0 unspecified atom stereocenters. The molecule has 3 aromatic rings. The summed E-state index contributed by atoms with van der Waals surface area (Å²) in [6.07, 6.45) is 0.722. The fourth-order valence-electron chi connectivity index (χ4n) is 2.34. The molecule has 6 nitrogen and oxygen atoms in total. The van der Waals surface area contributed by atoms with E-state index in [4.69, 9.17) is 4.52 Å². The number of carbonyl (C=O) groups excluding carboxylic acids is 1. The molecule has 0 radical (unpaired) electrons. The highest BCUT2D eigenvalue weighted by atomic mass is 19.1. The Hall–Kier alpha value is -3.22. The van der Waals surface area contributed by atoms with Crippen LogP contribution in [0.25, 0.3) is 0 Å². The minimum Gasteiger partial charge on any atom is -0.376 e. The molecule has 0 aliphatic rings.